The van der Waals surface area contributed by atoms with Gasteiger partial charge in [0.15, 0.2) is 0 Å². The van der Waals surface area contributed by atoms with Gasteiger partial charge in [0.25, 0.3) is 0 Å². The van der Waals surface area contributed by atoms with Gasteiger partial charge < -0.3 is 19.5 Å². The van der Waals surface area contributed by atoms with Crippen LogP contribution in [0.1, 0.15) is 18.4 Å². The van der Waals surface area contributed by atoms with Crippen LogP contribution < -0.4 is 0 Å². The Balaban J connectivity index is 1.64. The first-order chi connectivity index (χ1) is 11.1. The molecule has 0 aliphatic carbocycles. The number of nitrogens with zero attached hydrogens (tertiary/aromatic N) is 1. The molecule has 1 spiro atoms. The lowest BCUT2D eigenvalue weighted by molar-refractivity contribution is -0.148. The molecule has 2 saturated heterocycles. The molecule has 2 atom stereocenters. The van der Waals surface area contributed by atoms with E-state index in [1.165, 1.54) is 4.90 Å². The Morgan fingerprint density at radius 3 is 2.78 bits per heavy atom. The molecule has 6 nitrogen and oxygen atoms in total. The Bertz CT molecular complexity index is 568. The minimum Gasteiger partial charge on any atom is -0.481 e. The molecule has 3 rings (SSSR count). The zero-order chi connectivity index (χ0) is 16.3. The summed E-state index contributed by atoms with van der Waals surface area (Å²) in [6, 6.07) is 9.43. The van der Waals surface area contributed by atoms with Crippen LogP contribution >= 0.6 is 0 Å². The van der Waals surface area contributed by atoms with Gasteiger partial charge in [-0.05, 0) is 18.4 Å². The van der Waals surface area contributed by atoms with E-state index < -0.39 is 23.4 Å². The summed E-state index contributed by atoms with van der Waals surface area (Å²) in [6.45, 7) is 1.82. The highest BCUT2D eigenvalue weighted by molar-refractivity contribution is 5.75. The Morgan fingerprint density at radius 2 is 2.13 bits per heavy atom. The minimum atomic E-state index is -0.867. The second-order valence-corrected chi connectivity index (χ2v) is 6.33. The van der Waals surface area contributed by atoms with E-state index in [-0.39, 0.29) is 13.2 Å². The monoisotopic (exact) mass is 319 g/mol. The lowest BCUT2D eigenvalue weighted by Gasteiger charge is -2.35. The average molecular weight is 319 g/mol. The van der Waals surface area contributed by atoms with Crippen molar-refractivity contribution in [3.8, 4) is 0 Å². The molecular weight excluding hydrogens is 298 g/mol. The smallest absolute Gasteiger partial charge is 0.410 e. The van der Waals surface area contributed by atoms with Crippen molar-refractivity contribution in [3.63, 3.8) is 0 Å². The second kappa shape index (κ2) is 6.58. The van der Waals surface area contributed by atoms with Crippen molar-refractivity contribution in [2.24, 2.45) is 11.3 Å². The quantitative estimate of drug-likeness (QED) is 0.923. The van der Waals surface area contributed by atoms with E-state index in [0.717, 1.165) is 18.4 Å². The van der Waals surface area contributed by atoms with Crippen molar-refractivity contribution in [2.75, 3.05) is 26.3 Å². The van der Waals surface area contributed by atoms with E-state index in [2.05, 4.69) is 0 Å². The van der Waals surface area contributed by atoms with E-state index in [1.807, 2.05) is 30.3 Å². The Morgan fingerprint density at radius 1 is 1.35 bits per heavy atom. The highest BCUT2D eigenvalue weighted by Crippen LogP contribution is 2.43. The molecule has 124 valence electrons. The number of carboxylic acids is 1. The summed E-state index contributed by atoms with van der Waals surface area (Å²) in [5, 5.41) is 9.50. The van der Waals surface area contributed by atoms with Crippen molar-refractivity contribution in [1.82, 2.24) is 4.90 Å². The Kier molecular flexibility index (Phi) is 4.52. The molecule has 1 aromatic carbocycles. The number of ether oxygens (including phenoxy) is 2. The van der Waals surface area contributed by atoms with Crippen LogP contribution in [0.15, 0.2) is 30.3 Å². The predicted molar refractivity (Wildman–Crippen MR) is 81.8 cm³/mol. The number of carboxylic acid groups (broad SMARTS) is 1. The van der Waals surface area contributed by atoms with Gasteiger partial charge in [0.2, 0.25) is 0 Å². The van der Waals surface area contributed by atoms with E-state index in [9.17, 15) is 14.7 Å². The number of amides is 1. The Hall–Kier alpha value is -2.08. The van der Waals surface area contributed by atoms with Crippen molar-refractivity contribution < 1.29 is 24.2 Å². The molecule has 6 heteroatoms. The van der Waals surface area contributed by atoms with Crippen LogP contribution in [0.4, 0.5) is 4.79 Å². The third-order valence-corrected chi connectivity index (χ3v) is 4.76. The number of rotatable bonds is 3. The van der Waals surface area contributed by atoms with Gasteiger partial charge in [0.1, 0.15) is 6.61 Å². The third-order valence-electron chi connectivity index (χ3n) is 4.76. The second-order valence-electron chi connectivity index (χ2n) is 6.33. The molecule has 1 N–H and O–H groups in total. The molecule has 0 bridgehead atoms. The van der Waals surface area contributed by atoms with Gasteiger partial charge >= 0.3 is 12.1 Å². The van der Waals surface area contributed by atoms with Gasteiger partial charge in [-0.2, -0.15) is 0 Å². The zero-order valence-corrected chi connectivity index (χ0v) is 12.9. The molecule has 2 heterocycles. The topological polar surface area (TPSA) is 76.1 Å². The summed E-state index contributed by atoms with van der Waals surface area (Å²) < 4.78 is 10.8. The van der Waals surface area contributed by atoms with Gasteiger partial charge in [0, 0.05) is 25.1 Å². The van der Waals surface area contributed by atoms with Crippen molar-refractivity contribution in [3.05, 3.63) is 35.9 Å². The SMILES string of the molecule is O=C(O)C1CN(C(=O)OCc2ccccc2)CC12CCCOC2. The van der Waals surface area contributed by atoms with Crippen LogP contribution in [0.3, 0.4) is 0 Å². The molecule has 23 heavy (non-hydrogen) atoms. The number of benzene rings is 1. The summed E-state index contributed by atoms with van der Waals surface area (Å²) in [6.07, 6.45) is 1.14. The highest BCUT2D eigenvalue weighted by atomic mass is 16.6. The zero-order valence-electron chi connectivity index (χ0n) is 12.9. The highest BCUT2D eigenvalue weighted by Gasteiger charge is 2.52. The molecule has 1 aromatic rings. The standard InChI is InChI=1S/C17H21NO5/c19-15(20)14-9-18(11-17(14)7-4-8-22-12-17)16(21)23-10-13-5-2-1-3-6-13/h1-3,5-6,14H,4,7-12H2,(H,19,20). The third kappa shape index (κ3) is 3.32. The fourth-order valence-corrected chi connectivity index (χ4v) is 3.53. The first kappa shape index (κ1) is 15.8. The molecule has 1 amide bonds. The van der Waals surface area contributed by atoms with E-state index in [0.29, 0.717) is 19.8 Å². The summed E-state index contributed by atoms with van der Waals surface area (Å²) in [5.74, 6) is -1.46. The maximum atomic E-state index is 12.3. The van der Waals surface area contributed by atoms with Gasteiger partial charge in [-0.15, -0.1) is 0 Å². The number of hydrogen-bond acceptors (Lipinski definition) is 4. The maximum absolute atomic E-state index is 12.3. The summed E-state index contributed by atoms with van der Waals surface area (Å²) in [5.41, 5.74) is 0.432. The molecule has 2 aliphatic rings. The van der Waals surface area contributed by atoms with Gasteiger partial charge in [-0.3, -0.25) is 4.79 Å². The number of carbonyl (C=O) groups is 2. The van der Waals surface area contributed by atoms with Gasteiger partial charge in [-0.1, -0.05) is 30.3 Å². The molecule has 2 fully saturated rings. The van der Waals surface area contributed by atoms with Gasteiger partial charge in [0.05, 0.1) is 12.5 Å². The number of aliphatic carboxylic acids is 1. The maximum Gasteiger partial charge on any atom is 0.410 e. The molecule has 2 unspecified atom stereocenters. The van der Waals surface area contributed by atoms with Crippen LogP contribution in [0, 0.1) is 11.3 Å². The molecule has 0 radical (unpaired) electrons. The van der Waals surface area contributed by atoms with Crippen molar-refractivity contribution >= 4 is 12.1 Å². The normalized spacial score (nSPS) is 27.1. The number of hydrogen-bond donors (Lipinski definition) is 1. The number of carbonyl (C=O) groups excluding carboxylic acids is 1. The van der Waals surface area contributed by atoms with Crippen LogP contribution in [-0.4, -0.2) is 48.4 Å². The van der Waals surface area contributed by atoms with Crippen molar-refractivity contribution in [2.45, 2.75) is 19.4 Å². The molecule has 2 aliphatic heterocycles. The largest absolute Gasteiger partial charge is 0.481 e. The minimum absolute atomic E-state index is 0.187. The van der Waals surface area contributed by atoms with Crippen LogP contribution in [0.25, 0.3) is 0 Å². The lowest BCUT2D eigenvalue weighted by Crippen LogP contribution is -2.42. The molecule has 0 saturated carbocycles. The van der Waals surface area contributed by atoms with E-state index >= 15 is 0 Å². The fourth-order valence-electron chi connectivity index (χ4n) is 3.53. The van der Waals surface area contributed by atoms with E-state index in [4.69, 9.17) is 9.47 Å². The molecular formula is C17H21NO5. The number of likely N-dealkylation sites (tertiary alicyclic amines) is 1. The summed E-state index contributed by atoms with van der Waals surface area (Å²) in [7, 11) is 0. The van der Waals surface area contributed by atoms with Gasteiger partial charge in [-0.25, -0.2) is 4.79 Å². The lowest BCUT2D eigenvalue weighted by atomic mass is 9.74. The van der Waals surface area contributed by atoms with Crippen LogP contribution in [0.2, 0.25) is 0 Å². The Labute approximate surface area is 135 Å². The first-order valence-electron chi connectivity index (χ1n) is 7.87. The van der Waals surface area contributed by atoms with Crippen molar-refractivity contribution in [1.29, 1.82) is 0 Å². The van der Waals surface area contributed by atoms with Crippen LogP contribution in [0.5, 0.6) is 0 Å². The van der Waals surface area contributed by atoms with Crippen LogP contribution in [-0.2, 0) is 20.9 Å². The average Bonchev–Trinajstić information content (AvgIpc) is 2.93. The molecule has 0 aromatic heterocycles. The summed E-state index contributed by atoms with van der Waals surface area (Å²) >= 11 is 0. The first-order valence-corrected chi connectivity index (χ1v) is 7.87. The van der Waals surface area contributed by atoms with E-state index in [1.54, 1.807) is 0 Å². The predicted octanol–water partition coefficient (Wildman–Crippen LogP) is 2.14. The summed E-state index contributed by atoms with van der Waals surface area (Å²) in [4.78, 5) is 25.4. The fraction of sp³-hybridized carbons (Fsp3) is 0.529.